The van der Waals surface area contributed by atoms with Gasteiger partial charge in [-0.15, -0.1) is 0 Å². The number of rotatable bonds is 4. The van der Waals surface area contributed by atoms with E-state index in [-0.39, 0.29) is 11.6 Å². The molecule has 2 N–H and O–H groups in total. The summed E-state index contributed by atoms with van der Waals surface area (Å²) in [7, 11) is 1.82. The second-order valence-electron chi connectivity index (χ2n) is 7.35. The van der Waals surface area contributed by atoms with Gasteiger partial charge in [-0.1, -0.05) is 24.3 Å². The summed E-state index contributed by atoms with van der Waals surface area (Å²) in [5.74, 6) is 0.694. The molecule has 2 heterocycles. The molecule has 1 aromatic heterocycles. The highest BCUT2D eigenvalue weighted by Crippen LogP contribution is 2.24. The lowest BCUT2D eigenvalue weighted by atomic mass is 9.94. The molecule has 0 aliphatic carbocycles. The third kappa shape index (κ3) is 4.02. The minimum absolute atomic E-state index is 0.118. The predicted molar refractivity (Wildman–Crippen MR) is 99.6 cm³/mol. The molecule has 6 heteroatoms. The Morgan fingerprint density at radius 1 is 1.28 bits per heavy atom. The number of nitrogens with one attached hydrogen (secondary N) is 2. The molecule has 0 bridgehead atoms. The average molecular weight is 341 g/mol. The van der Waals surface area contributed by atoms with Crippen molar-refractivity contribution in [2.45, 2.75) is 39.3 Å². The molecule has 0 fully saturated rings. The van der Waals surface area contributed by atoms with E-state index < -0.39 is 0 Å². The van der Waals surface area contributed by atoms with E-state index >= 15 is 0 Å². The number of fused-ring (bicyclic) bond motifs is 1. The van der Waals surface area contributed by atoms with Crippen LogP contribution in [-0.2, 0) is 20.0 Å². The Morgan fingerprint density at radius 2 is 2.00 bits per heavy atom. The van der Waals surface area contributed by atoms with Gasteiger partial charge in [0.05, 0.1) is 5.69 Å². The largest absolute Gasteiger partial charge is 0.336 e. The van der Waals surface area contributed by atoms with Gasteiger partial charge in [0.1, 0.15) is 5.82 Å². The summed E-state index contributed by atoms with van der Waals surface area (Å²) in [6, 6.07) is 10.3. The summed E-state index contributed by atoms with van der Waals surface area (Å²) < 4.78 is 1.67. The lowest BCUT2D eigenvalue weighted by Gasteiger charge is -2.41. The van der Waals surface area contributed by atoms with E-state index in [4.69, 9.17) is 0 Å². The van der Waals surface area contributed by atoms with E-state index in [1.165, 1.54) is 11.1 Å². The highest BCUT2D eigenvalue weighted by molar-refractivity contribution is 5.88. The molecule has 1 aromatic carbocycles. The van der Waals surface area contributed by atoms with Crippen molar-refractivity contribution in [2.75, 3.05) is 18.4 Å². The predicted octanol–water partition coefficient (Wildman–Crippen LogP) is 2.69. The zero-order chi connectivity index (χ0) is 18.0. The molecule has 0 spiro atoms. The lowest BCUT2D eigenvalue weighted by Crippen LogP contribution is -2.53. The van der Waals surface area contributed by atoms with Crippen molar-refractivity contribution >= 4 is 11.8 Å². The number of hydrogen-bond acceptors (Lipinski definition) is 3. The zero-order valence-corrected chi connectivity index (χ0v) is 15.5. The average Bonchev–Trinajstić information content (AvgIpc) is 2.90. The van der Waals surface area contributed by atoms with E-state index in [9.17, 15) is 4.79 Å². The Labute approximate surface area is 149 Å². The number of anilines is 1. The molecule has 0 saturated carbocycles. The molecule has 134 valence electrons. The molecule has 0 atom stereocenters. The minimum Gasteiger partial charge on any atom is -0.336 e. The van der Waals surface area contributed by atoms with Gasteiger partial charge < -0.3 is 5.32 Å². The van der Waals surface area contributed by atoms with Crippen LogP contribution in [0.15, 0.2) is 30.3 Å². The molecule has 0 saturated heterocycles. The summed E-state index contributed by atoms with van der Waals surface area (Å²) in [6.07, 6.45) is 1.06. The Kier molecular flexibility index (Phi) is 4.81. The van der Waals surface area contributed by atoms with Crippen molar-refractivity contribution in [3.05, 3.63) is 47.2 Å². The van der Waals surface area contributed by atoms with E-state index in [2.05, 4.69) is 58.7 Å². The third-order valence-electron chi connectivity index (χ3n) is 4.91. The topological polar surface area (TPSA) is 62.2 Å². The number of carbonyl (C=O) groups is 1. The molecule has 0 unspecified atom stereocenters. The molecule has 0 radical (unpaired) electrons. The van der Waals surface area contributed by atoms with E-state index in [0.29, 0.717) is 12.4 Å². The van der Waals surface area contributed by atoms with Crippen LogP contribution in [0.1, 0.15) is 30.7 Å². The van der Waals surface area contributed by atoms with Gasteiger partial charge >= 0.3 is 6.03 Å². The molecular weight excluding hydrogens is 314 g/mol. The van der Waals surface area contributed by atoms with E-state index in [1.807, 2.05) is 20.0 Å². The van der Waals surface area contributed by atoms with Crippen molar-refractivity contribution in [3.63, 3.8) is 0 Å². The van der Waals surface area contributed by atoms with Crippen molar-refractivity contribution < 1.29 is 4.79 Å². The Hall–Kier alpha value is -2.34. The van der Waals surface area contributed by atoms with Crippen LogP contribution in [0.5, 0.6) is 0 Å². The van der Waals surface area contributed by atoms with Crippen LogP contribution < -0.4 is 10.6 Å². The van der Waals surface area contributed by atoms with Crippen LogP contribution in [0.2, 0.25) is 0 Å². The molecule has 6 nitrogen and oxygen atoms in total. The van der Waals surface area contributed by atoms with Gasteiger partial charge in [0.2, 0.25) is 0 Å². The molecule has 2 amide bonds. The maximum Gasteiger partial charge on any atom is 0.320 e. The third-order valence-corrected chi connectivity index (χ3v) is 4.91. The molecule has 1 aliphatic heterocycles. The highest BCUT2D eigenvalue weighted by Gasteiger charge is 2.30. The lowest BCUT2D eigenvalue weighted by molar-refractivity contribution is 0.105. The number of aryl methyl sites for hydroxylation is 2. The smallest absolute Gasteiger partial charge is 0.320 e. The van der Waals surface area contributed by atoms with Gasteiger partial charge in [-0.2, -0.15) is 5.10 Å². The van der Waals surface area contributed by atoms with Crippen LogP contribution in [0, 0.1) is 6.92 Å². The van der Waals surface area contributed by atoms with Crippen molar-refractivity contribution in [3.8, 4) is 0 Å². The number of carbonyl (C=O) groups excluding carboxylic acids is 1. The number of benzene rings is 1. The number of urea groups is 1. The number of nitrogens with zero attached hydrogens (tertiary/aromatic N) is 3. The molecular formula is C19H27N5O. The van der Waals surface area contributed by atoms with Gasteiger partial charge in [-0.25, -0.2) is 4.79 Å². The number of hydrogen-bond donors (Lipinski definition) is 2. The van der Waals surface area contributed by atoms with E-state index in [0.717, 1.165) is 25.2 Å². The van der Waals surface area contributed by atoms with Gasteiger partial charge in [0, 0.05) is 38.3 Å². The Morgan fingerprint density at radius 3 is 2.68 bits per heavy atom. The molecule has 3 rings (SSSR count). The summed E-state index contributed by atoms with van der Waals surface area (Å²) in [5, 5.41) is 10.1. The molecule has 2 aromatic rings. The standard InChI is InChI=1S/C19H27N5O/c1-14-11-17(23(4)22-14)21-18(25)20-13-19(2,3)24-10-9-15-7-5-6-8-16(15)12-24/h5-8,11H,9-10,12-13H2,1-4H3,(H2,20,21,25). The summed E-state index contributed by atoms with van der Waals surface area (Å²) in [5.41, 5.74) is 3.58. The maximum absolute atomic E-state index is 12.2. The van der Waals surface area contributed by atoms with Crippen molar-refractivity contribution in [1.29, 1.82) is 0 Å². The van der Waals surface area contributed by atoms with Gasteiger partial charge in [-0.3, -0.25) is 14.9 Å². The summed E-state index contributed by atoms with van der Waals surface area (Å²) >= 11 is 0. The maximum atomic E-state index is 12.2. The zero-order valence-electron chi connectivity index (χ0n) is 15.5. The fourth-order valence-electron chi connectivity index (χ4n) is 3.31. The van der Waals surface area contributed by atoms with Gasteiger partial charge in [0.15, 0.2) is 0 Å². The second-order valence-corrected chi connectivity index (χ2v) is 7.35. The highest BCUT2D eigenvalue weighted by atomic mass is 16.2. The normalized spacial score (nSPS) is 14.9. The Bertz CT molecular complexity index is 765. The van der Waals surface area contributed by atoms with E-state index in [1.54, 1.807) is 4.68 Å². The first-order chi connectivity index (χ1) is 11.8. The van der Waals surface area contributed by atoms with Crippen LogP contribution >= 0.6 is 0 Å². The quantitative estimate of drug-likeness (QED) is 0.899. The van der Waals surface area contributed by atoms with Crippen LogP contribution in [0.25, 0.3) is 0 Å². The van der Waals surface area contributed by atoms with Gasteiger partial charge in [0.25, 0.3) is 0 Å². The molecule has 25 heavy (non-hydrogen) atoms. The van der Waals surface area contributed by atoms with Crippen LogP contribution in [-0.4, -0.2) is 39.3 Å². The van der Waals surface area contributed by atoms with Crippen LogP contribution in [0.3, 0.4) is 0 Å². The SMILES string of the molecule is Cc1cc(NC(=O)NCC(C)(C)N2CCc3ccccc3C2)n(C)n1. The first kappa shape index (κ1) is 17.5. The molecule has 1 aliphatic rings. The number of aromatic nitrogens is 2. The fraction of sp³-hybridized carbons (Fsp3) is 0.474. The number of amides is 2. The summed E-state index contributed by atoms with van der Waals surface area (Å²) in [6.45, 7) is 8.77. The van der Waals surface area contributed by atoms with Crippen molar-refractivity contribution in [1.82, 2.24) is 20.0 Å². The first-order valence-corrected chi connectivity index (χ1v) is 8.72. The fourth-order valence-corrected chi connectivity index (χ4v) is 3.31. The van der Waals surface area contributed by atoms with Crippen molar-refractivity contribution in [2.24, 2.45) is 7.05 Å². The van der Waals surface area contributed by atoms with Gasteiger partial charge in [-0.05, 0) is 38.3 Å². The second kappa shape index (κ2) is 6.88. The van der Waals surface area contributed by atoms with Crippen LogP contribution in [0.4, 0.5) is 10.6 Å². The summed E-state index contributed by atoms with van der Waals surface area (Å²) in [4.78, 5) is 14.7. The first-order valence-electron chi connectivity index (χ1n) is 8.72. The monoisotopic (exact) mass is 341 g/mol. The Balaban J connectivity index is 1.56. The minimum atomic E-state index is -0.200.